The summed E-state index contributed by atoms with van der Waals surface area (Å²) in [5, 5.41) is 40.0. The molecular weight excluding hydrogens is 745 g/mol. The van der Waals surface area contributed by atoms with Crippen LogP contribution in [0.3, 0.4) is 0 Å². The maximum atomic E-state index is 13.2. The number of aliphatic hydroxyl groups is 2. The SMILES string of the molecule is COCC(=O)Nc1c(I)c(C(=O)O)c(I)c(C(=O)N(CC(=O)O)CC(O)CO)c1I. The fraction of sp³-hybridized carbons (Fsp3) is 0.375. The van der Waals surface area contributed by atoms with Crippen molar-refractivity contribution in [2.24, 2.45) is 0 Å². The number of aliphatic carboxylic acids is 1. The molecule has 0 heterocycles. The Bertz CT molecular complexity index is 863. The van der Waals surface area contributed by atoms with Crippen molar-refractivity contribution in [2.45, 2.75) is 6.10 Å². The van der Waals surface area contributed by atoms with Crippen molar-refractivity contribution in [1.82, 2.24) is 4.90 Å². The molecule has 1 aromatic carbocycles. The Kier molecular flexibility index (Phi) is 11.1. The van der Waals surface area contributed by atoms with E-state index in [-0.39, 0.29) is 34.1 Å². The van der Waals surface area contributed by atoms with E-state index in [1.54, 1.807) is 67.8 Å². The normalized spacial score (nSPS) is 11.7. The van der Waals surface area contributed by atoms with Crippen LogP contribution in [0.5, 0.6) is 0 Å². The first-order chi connectivity index (χ1) is 14.0. The van der Waals surface area contributed by atoms with Gasteiger partial charge in [-0.05, 0) is 67.8 Å². The average molecular weight is 762 g/mol. The van der Waals surface area contributed by atoms with Gasteiger partial charge in [-0.2, -0.15) is 0 Å². The lowest BCUT2D eigenvalue weighted by atomic mass is 10.1. The van der Waals surface area contributed by atoms with Gasteiger partial charge in [0.1, 0.15) is 13.2 Å². The summed E-state index contributed by atoms with van der Waals surface area (Å²) in [4.78, 5) is 48.9. The third kappa shape index (κ3) is 6.84. The van der Waals surface area contributed by atoms with Crippen molar-refractivity contribution in [2.75, 3.05) is 38.7 Å². The highest BCUT2D eigenvalue weighted by Gasteiger charge is 2.32. The van der Waals surface area contributed by atoms with Gasteiger partial charge < -0.3 is 35.4 Å². The van der Waals surface area contributed by atoms with Crippen molar-refractivity contribution in [3.8, 4) is 0 Å². The molecular formula is C16H17I3N2O9. The first-order valence-electron chi connectivity index (χ1n) is 7.98. The third-order valence-corrected chi connectivity index (χ3v) is 6.78. The van der Waals surface area contributed by atoms with Gasteiger partial charge in [-0.15, -0.1) is 0 Å². The highest BCUT2D eigenvalue weighted by atomic mass is 127. The maximum Gasteiger partial charge on any atom is 0.337 e. The smallest absolute Gasteiger partial charge is 0.337 e. The monoisotopic (exact) mass is 762 g/mol. The Morgan fingerprint density at radius 1 is 1.07 bits per heavy atom. The van der Waals surface area contributed by atoms with E-state index >= 15 is 0 Å². The zero-order valence-corrected chi connectivity index (χ0v) is 21.8. The first-order valence-corrected chi connectivity index (χ1v) is 11.2. The Labute approximate surface area is 211 Å². The molecule has 1 unspecified atom stereocenters. The number of amides is 2. The second-order valence-corrected chi connectivity index (χ2v) is 9.01. The predicted octanol–water partition coefficient (Wildman–Crippen LogP) is 0.663. The van der Waals surface area contributed by atoms with E-state index < -0.39 is 49.6 Å². The highest BCUT2D eigenvalue weighted by molar-refractivity contribution is 14.1. The predicted molar refractivity (Wildman–Crippen MR) is 129 cm³/mol. The molecule has 2 amide bonds. The van der Waals surface area contributed by atoms with Crippen LogP contribution < -0.4 is 5.32 Å². The number of hydrogen-bond donors (Lipinski definition) is 5. The molecule has 1 aromatic rings. The van der Waals surface area contributed by atoms with E-state index in [4.69, 9.17) is 14.9 Å². The summed E-state index contributed by atoms with van der Waals surface area (Å²) < 4.78 is 5.15. The van der Waals surface area contributed by atoms with E-state index in [1.165, 1.54) is 7.11 Å². The third-order valence-electron chi connectivity index (χ3n) is 3.54. The topological polar surface area (TPSA) is 174 Å². The van der Waals surface area contributed by atoms with E-state index in [9.17, 15) is 29.4 Å². The van der Waals surface area contributed by atoms with Crippen molar-refractivity contribution >= 4 is 97.2 Å². The number of halogens is 3. The van der Waals surface area contributed by atoms with E-state index in [0.29, 0.717) is 0 Å². The number of methoxy groups -OCH3 is 1. The molecule has 0 spiro atoms. The Morgan fingerprint density at radius 2 is 1.63 bits per heavy atom. The molecule has 0 saturated heterocycles. The molecule has 30 heavy (non-hydrogen) atoms. The van der Waals surface area contributed by atoms with E-state index in [0.717, 1.165) is 4.90 Å². The Morgan fingerprint density at radius 3 is 2.10 bits per heavy atom. The number of carbonyl (C=O) groups excluding carboxylic acids is 2. The second kappa shape index (κ2) is 12.3. The number of aromatic carboxylic acids is 1. The van der Waals surface area contributed by atoms with Crippen LogP contribution >= 0.6 is 67.8 Å². The largest absolute Gasteiger partial charge is 0.480 e. The summed E-state index contributed by atoms with van der Waals surface area (Å²) in [5.41, 5.74) is -0.323. The number of carboxylic acids is 2. The van der Waals surface area contributed by atoms with Crippen LogP contribution in [-0.2, 0) is 14.3 Å². The van der Waals surface area contributed by atoms with Crippen LogP contribution in [0.25, 0.3) is 0 Å². The van der Waals surface area contributed by atoms with Crippen LogP contribution in [-0.4, -0.2) is 88.6 Å². The minimum absolute atomic E-state index is 0.0394. The lowest BCUT2D eigenvalue weighted by molar-refractivity contribution is -0.138. The molecule has 5 N–H and O–H groups in total. The minimum Gasteiger partial charge on any atom is -0.480 e. The maximum absolute atomic E-state index is 13.2. The summed E-state index contributed by atoms with van der Waals surface area (Å²) in [6.45, 7) is -2.30. The molecule has 0 bridgehead atoms. The van der Waals surface area contributed by atoms with Gasteiger partial charge in [0.15, 0.2) is 0 Å². The molecule has 0 radical (unpaired) electrons. The van der Waals surface area contributed by atoms with Crippen molar-refractivity contribution < 1.29 is 44.3 Å². The van der Waals surface area contributed by atoms with E-state index in [1.807, 2.05) is 0 Å². The zero-order valence-electron chi connectivity index (χ0n) is 15.3. The number of aliphatic hydroxyl groups excluding tert-OH is 2. The molecule has 0 aliphatic rings. The molecule has 166 valence electrons. The van der Waals surface area contributed by atoms with Gasteiger partial charge >= 0.3 is 11.9 Å². The molecule has 1 rings (SSSR count). The molecule has 14 heteroatoms. The molecule has 0 aliphatic carbocycles. The van der Waals surface area contributed by atoms with Crippen LogP contribution in [0.4, 0.5) is 5.69 Å². The number of benzene rings is 1. The Hall–Kier alpha value is -0.830. The molecule has 1 atom stereocenters. The van der Waals surface area contributed by atoms with Crippen molar-refractivity contribution in [3.05, 3.63) is 21.8 Å². The average Bonchev–Trinajstić information content (AvgIpc) is 2.63. The molecule has 0 saturated carbocycles. The number of carbonyl (C=O) groups is 4. The van der Waals surface area contributed by atoms with Gasteiger partial charge in [0, 0.05) is 17.2 Å². The second-order valence-electron chi connectivity index (χ2n) is 5.77. The van der Waals surface area contributed by atoms with E-state index in [2.05, 4.69) is 5.32 Å². The molecule has 0 aliphatic heterocycles. The fourth-order valence-electron chi connectivity index (χ4n) is 2.31. The van der Waals surface area contributed by atoms with Crippen LogP contribution in [0.15, 0.2) is 0 Å². The van der Waals surface area contributed by atoms with Gasteiger partial charge in [0.05, 0.1) is 36.7 Å². The quantitative estimate of drug-likeness (QED) is 0.215. The van der Waals surface area contributed by atoms with Gasteiger partial charge in [-0.1, -0.05) is 0 Å². The number of nitrogens with one attached hydrogen (secondary N) is 1. The van der Waals surface area contributed by atoms with Gasteiger partial charge in [-0.3, -0.25) is 14.4 Å². The number of hydrogen-bond acceptors (Lipinski definition) is 7. The fourth-order valence-corrected chi connectivity index (χ4v) is 6.67. The summed E-state index contributed by atoms with van der Waals surface area (Å²) >= 11 is 5.15. The number of rotatable bonds is 10. The van der Waals surface area contributed by atoms with Crippen LogP contribution in [0.1, 0.15) is 20.7 Å². The lowest BCUT2D eigenvalue weighted by Crippen LogP contribution is -2.42. The minimum atomic E-state index is -1.40. The highest BCUT2D eigenvalue weighted by Crippen LogP contribution is 2.36. The first kappa shape index (κ1) is 27.2. The number of nitrogens with zero attached hydrogens (tertiary/aromatic N) is 1. The summed E-state index contributed by atoms with van der Waals surface area (Å²) in [6, 6.07) is 0. The van der Waals surface area contributed by atoms with Crippen LogP contribution in [0, 0.1) is 10.7 Å². The number of anilines is 1. The lowest BCUT2D eigenvalue weighted by Gasteiger charge is -2.25. The molecule has 0 fully saturated rings. The number of ether oxygens (including phenoxy) is 1. The van der Waals surface area contributed by atoms with Crippen molar-refractivity contribution in [1.29, 1.82) is 0 Å². The summed E-state index contributed by atoms with van der Waals surface area (Å²) in [6.07, 6.45) is -1.40. The summed E-state index contributed by atoms with van der Waals surface area (Å²) in [5.74, 6) is -4.17. The van der Waals surface area contributed by atoms with Crippen molar-refractivity contribution in [3.63, 3.8) is 0 Å². The Balaban J connectivity index is 3.67. The van der Waals surface area contributed by atoms with Gasteiger partial charge in [-0.25, -0.2) is 4.79 Å². The van der Waals surface area contributed by atoms with Gasteiger partial charge in [0.25, 0.3) is 5.91 Å². The standard InChI is InChI=1S/C16H17I3N2O9/c1-30-5-7(24)20-14-12(18)9(11(17)10(13(14)19)16(28)29)15(27)21(3-8(25)26)2-6(23)4-22/h6,22-23H,2-5H2,1H3,(H,20,24)(H,25,26)(H,28,29). The van der Waals surface area contributed by atoms with Crippen LogP contribution in [0.2, 0.25) is 0 Å². The molecule has 11 nitrogen and oxygen atoms in total. The molecule has 0 aromatic heterocycles. The number of carboxylic acid groups (broad SMARTS) is 2. The van der Waals surface area contributed by atoms with Gasteiger partial charge in [0.2, 0.25) is 5.91 Å². The summed E-state index contributed by atoms with van der Waals surface area (Å²) in [7, 11) is 1.30. The zero-order chi connectivity index (χ0) is 23.2.